The van der Waals surface area contributed by atoms with E-state index in [2.05, 4.69) is 29.4 Å². The van der Waals surface area contributed by atoms with Crippen LogP contribution in [0.15, 0.2) is 33.9 Å². The molecule has 0 saturated carbocycles. The second kappa shape index (κ2) is 8.43. The first-order valence-corrected chi connectivity index (χ1v) is 11.7. The van der Waals surface area contributed by atoms with Gasteiger partial charge in [0.2, 0.25) is 11.8 Å². The predicted octanol–water partition coefficient (Wildman–Crippen LogP) is 2.90. The summed E-state index contributed by atoms with van der Waals surface area (Å²) in [5.74, 6) is 1.31. The van der Waals surface area contributed by atoms with Crippen molar-refractivity contribution in [1.29, 1.82) is 0 Å². The number of nitrogens with zero attached hydrogens (tertiary/aromatic N) is 2. The van der Waals surface area contributed by atoms with Crippen molar-refractivity contribution in [3.05, 3.63) is 35.7 Å². The quantitative estimate of drug-likeness (QED) is 0.702. The van der Waals surface area contributed by atoms with Crippen molar-refractivity contribution in [1.82, 2.24) is 10.2 Å². The third-order valence-electron chi connectivity index (χ3n) is 4.43. The van der Waals surface area contributed by atoms with Gasteiger partial charge in [0.1, 0.15) is 0 Å². The number of hydrogen-bond donors (Lipinski definition) is 1. The number of hydrogen-bond acceptors (Lipinski definition) is 7. The smallest absolute Gasteiger partial charge is 0.277 e. The molecule has 1 atom stereocenters. The van der Waals surface area contributed by atoms with E-state index in [4.69, 9.17) is 4.42 Å². The molecule has 1 aromatic carbocycles. The van der Waals surface area contributed by atoms with Gasteiger partial charge in [-0.3, -0.25) is 4.79 Å². The number of benzene rings is 1. The summed E-state index contributed by atoms with van der Waals surface area (Å²) in [5, 5.41) is 11.0. The van der Waals surface area contributed by atoms with Crippen LogP contribution < -0.4 is 5.32 Å². The van der Waals surface area contributed by atoms with E-state index in [1.807, 2.05) is 24.3 Å². The Morgan fingerprint density at radius 2 is 2.04 bits per heavy atom. The lowest BCUT2D eigenvalue weighted by Gasteiger charge is -2.07. The van der Waals surface area contributed by atoms with Crippen molar-refractivity contribution in [3.63, 3.8) is 0 Å². The van der Waals surface area contributed by atoms with E-state index in [-0.39, 0.29) is 29.1 Å². The highest BCUT2D eigenvalue weighted by molar-refractivity contribution is 7.99. The molecule has 7 nitrogen and oxygen atoms in total. The molecule has 2 heterocycles. The molecule has 1 fully saturated rings. The van der Waals surface area contributed by atoms with Gasteiger partial charge >= 0.3 is 0 Å². The molecule has 1 aliphatic heterocycles. The van der Waals surface area contributed by atoms with Gasteiger partial charge in [-0.1, -0.05) is 37.7 Å². The lowest BCUT2D eigenvalue weighted by molar-refractivity contribution is -0.113. The minimum absolute atomic E-state index is 0.0328. The van der Waals surface area contributed by atoms with E-state index in [0.29, 0.717) is 29.9 Å². The van der Waals surface area contributed by atoms with Crippen LogP contribution in [0.1, 0.15) is 37.6 Å². The van der Waals surface area contributed by atoms with E-state index in [1.165, 1.54) is 5.56 Å². The standard InChI is InChI=1S/C18H23N3O4S2/c1-12(2)14-3-5-15(6-4-14)19-16(22)10-26-18-21-20-17(25-18)9-13-7-8-27(23,24)11-13/h3-6,12-13H,7-11H2,1-2H3,(H,19,22)/t13-/m1/s1. The topological polar surface area (TPSA) is 102 Å². The molecule has 0 bridgehead atoms. The van der Waals surface area contributed by atoms with Crippen LogP contribution in [-0.2, 0) is 21.1 Å². The van der Waals surface area contributed by atoms with Gasteiger partial charge in [-0.05, 0) is 36.0 Å². The molecule has 0 unspecified atom stereocenters. The van der Waals surface area contributed by atoms with Crippen molar-refractivity contribution in [2.75, 3.05) is 22.6 Å². The van der Waals surface area contributed by atoms with Crippen LogP contribution in [0.25, 0.3) is 0 Å². The Bertz CT molecular complexity index is 892. The summed E-state index contributed by atoms with van der Waals surface area (Å²) >= 11 is 1.16. The van der Waals surface area contributed by atoms with Crippen molar-refractivity contribution in [2.45, 2.75) is 37.8 Å². The number of carbonyl (C=O) groups excluding carboxylic acids is 1. The SMILES string of the molecule is CC(C)c1ccc(NC(=O)CSc2nnc(C[C@H]3CCS(=O)(=O)C3)o2)cc1. The predicted molar refractivity (Wildman–Crippen MR) is 105 cm³/mol. The van der Waals surface area contributed by atoms with Gasteiger partial charge in [-0.2, -0.15) is 0 Å². The second-order valence-corrected chi connectivity index (χ2v) is 10.2. The summed E-state index contributed by atoms with van der Waals surface area (Å²) in [7, 11) is -2.92. The number of anilines is 1. The summed E-state index contributed by atoms with van der Waals surface area (Å²) < 4.78 is 28.5. The first kappa shape index (κ1) is 19.9. The van der Waals surface area contributed by atoms with Gasteiger partial charge in [0.25, 0.3) is 5.22 Å². The molecular formula is C18H23N3O4S2. The van der Waals surface area contributed by atoms with E-state index in [1.54, 1.807) is 0 Å². The van der Waals surface area contributed by atoms with E-state index < -0.39 is 9.84 Å². The van der Waals surface area contributed by atoms with Crippen molar-refractivity contribution in [3.8, 4) is 0 Å². The average Bonchev–Trinajstić information content (AvgIpc) is 3.19. The highest BCUT2D eigenvalue weighted by Gasteiger charge is 2.29. The minimum atomic E-state index is -2.92. The van der Waals surface area contributed by atoms with E-state index >= 15 is 0 Å². The largest absolute Gasteiger partial charge is 0.416 e. The Balaban J connectivity index is 1.46. The van der Waals surface area contributed by atoms with Crippen molar-refractivity contribution in [2.24, 2.45) is 5.92 Å². The second-order valence-electron chi connectivity index (χ2n) is 7.05. The molecule has 27 heavy (non-hydrogen) atoms. The Kier molecular flexibility index (Phi) is 6.21. The van der Waals surface area contributed by atoms with Crippen LogP contribution in [0.3, 0.4) is 0 Å². The highest BCUT2D eigenvalue weighted by atomic mass is 32.2. The number of aromatic nitrogens is 2. The molecule has 1 amide bonds. The molecule has 0 radical (unpaired) electrons. The fourth-order valence-electron chi connectivity index (χ4n) is 2.93. The van der Waals surface area contributed by atoms with Gasteiger partial charge in [0.05, 0.1) is 17.3 Å². The van der Waals surface area contributed by atoms with Gasteiger partial charge in [-0.15, -0.1) is 10.2 Å². The summed E-state index contributed by atoms with van der Waals surface area (Å²) in [6, 6.07) is 7.78. The van der Waals surface area contributed by atoms with Crippen LogP contribution >= 0.6 is 11.8 Å². The molecular weight excluding hydrogens is 386 g/mol. The number of amides is 1. The molecule has 1 aromatic heterocycles. The first-order valence-electron chi connectivity index (χ1n) is 8.86. The molecule has 0 aliphatic carbocycles. The number of sulfone groups is 1. The normalized spacial score (nSPS) is 18.7. The Labute approximate surface area is 163 Å². The van der Waals surface area contributed by atoms with Crippen LogP contribution in [-0.4, -0.2) is 41.8 Å². The number of nitrogens with one attached hydrogen (secondary N) is 1. The zero-order chi connectivity index (χ0) is 19.4. The maximum absolute atomic E-state index is 12.1. The van der Waals surface area contributed by atoms with Crippen LogP contribution in [0.5, 0.6) is 0 Å². The number of carbonyl (C=O) groups is 1. The Morgan fingerprint density at radius 1 is 1.30 bits per heavy atom. The molecule has 1 saturated heterocycles. The molecule has 1 aliphatic rings. The maximum Gasteiger partial charge on any atom is 0.277 e. The molecule has 3 rings (SSSR count). The van der Waals surface area contributed by atoms with E-state index in [0.717, 1.165) is 17.4 Å². The summed E-state index contributed by atoms with van der Waals surface area (Å²) in [6.07, 6.45) is 1.09. The van der Waals surface area contributed by atoms with Crippen LogP contribution in [0.4, 0.5) is 5.69 Å². The monoisotopic (exact) mass is 409 g/mol. The van der Waals surface area contributed by atoms with E-state index in [9.17, 15) is 13.2 Å². The first-order chi connectivity index (χ1) is 12.8. The average molecular weight is 410 g/mol. The van der Waals surface area contributed by atoms with Gasteiger partial charge in [0, 0.05) is 12.1 Å². The van der Waals surface area contributed by atoms with Crippen molar-refractivity contribution >= 4 is 33.2 Å². The summed E-state index contributed by atoms with van der Waals surface area (Å²) in [6.45, 7) is 4.24. The minimum Gasteiger partial charge on any atom is -0.416 e. The number of rotatable bonds is 7. The maximum atomic E-state index is 12.1. The third-order valence-corrected chi connectivity index (χ3v) is 7.08. The summed E-state index contributed by atoms with van der Waals surface area (Å²) in [4.78, 5) is 12.1. The summed E-state index contributed by atoms with van der Waals surface area (Å²) in [5.41, 5.74) is 1.97. The fourth-order valence-corrected chi connectivity index (χ4v) is 5.38. The van der Waals surface area contributed by atoms with Gasteiger partial charge in [-0.25, -0.2) is 8.42 Å². The van der Waals surface area contributed by atoms with Crippen LogP contribution in [0.2, 0.25) is 0 Å². The molecule has 0 spiro atoms. The lowest BCUT2D eigenvalue weighted by Crippen LogP contribution is -2.14. The van der Waals surface area contributed by atoms with Gasteiger partial charge < -0.3 is 9.73 Å². The molecule has 1 N–H and O–H groups in total. The Morgan fingerprint density at radius 3 is 2.67 bits per heavy atom. The van der Waals surface area contributed by atoms with Crippen molar-refractivity contribution < 1.29 is 17.6 Å². The molecule has 146 valence electrons. The zero-order valence-corrected chi connectivity index (χ0v) is 17.0. The zero-order valence-electron chi connectivity index (χ0n) is 15.3. The third kappa shape index (κ3) is 5.80. The molecule has 2 aromatic rings. The number of thioether (sulfide) groups is 1. The van der Waals surface area contributed by atoms with Gasteiger partial charge in [0.15, 0.2) is 9.84 Å². The highest BCUT2D eigenvalue weighted by Crippen LogP contribution is 2.24. The van der Waals surface area contributed by atoms with Crippen LogP contribution in [0, 0.1) is 5.92 Å². The fraction of sp³-hybridized carbons (Fsp3) is 0.500. The Hall–Kier alpha value is -1.87. The molecule has 9 heteroatoms. The lowest BCUT2D eigenvalue weighted by atomic mass is 10.0.